The van der Waals surface area contributed by atoms with E-state index in [9.17, 15) is 4.39 Å². The van der Waals surface area contributed by atoms with Gasteiger partial charge >= 0.3 is 0 Å². The lowest BCUT2D eigenvalue weighted by atomic mass is 9.98. The summed E-state index contributed by atoms with van der Waals surface area (Å²) < 4.78 is 19.6. The van der Waals surface area contributed by atoms with Crippen molar-refractivity contribution in [1.82, 2.24) is 5.43 Å². The van der Waals surface area contributed by atoms with Gasteiger partial charge < -0.3 is 15.5 Å². The standard InChI is InChI=1S/C13H17ClFN3OS/c14-9-6-10(15)11(17-13(20)18-16)7-12(9)19-8-4-2-1-3-5-8/h6-8H,1-5,16H2,(H2,17,18,20). The molecular weight excluding hydrogens is 301 g/mol. The Morgan fingerprint density at radius 1 is 1.35 bits per heavy atom. The van der Waals surface area contributed by atoms with Gasteiger partial charge in [0.1, 0.15) is 11.6 Å². The summed E-state index contributed by atoms with van der Waals surface area (Å²) in [4.78, 5) is 0. The van der Waals surface area contributed by atoms with Crippen molar-refractivity contribution in [2.45, 2.75) is 38.2 Å². The van der Waals surface area contributed by atoms with E-state index in [2.05, 4.69) is 10.7 Å². The molecule has 0 aromatic heterocycles. The van der Waals surface area contributed by atoms with Crippen LogP contribution in [0.3, 0.4) is 0 Å². The zero-order valence-electron chi connectivity index (χ0n) is 10.9. The Hall–Kier alpha value is -1.11. The Kier molecular flexibility index (Phi) is 5.39. The van der Waals surface area contributed by atoms with Gasteiger partial charge in [0.05, 0.1) is 16.8 Å². The number of nitrogens with one attached hydrogen (secondary N) is 2. The highest BCUT2D eigenvalue weighted by molar-refractivity contribution is 7.80. The summed E-state index contributed by atoms with van der Waals surface area (Å²) in [6, 6.07) is 2.72. The molecule has 1 fully saturated rings. The average molecular weight is 318 g/mol. The maximum Gasteiger partial charge on any atom is 0.185 e. The molecule has 1 aromatic rings. The predicted octanol–water partition coefficient (Wildman–Crippen LogP) is 3.35. The molecule has 0 aliphatic heterocycles. The number of thiocarbonyl (C=S) groups is 1. The largest absolute Gasteiger partial charge is 0.489 e. The van der Waals surface area contributed by atoms with Crippen LogP contribution in [0.2, 0.25) is 5.02 Å². The van der Waals surface area contributed by atoms with Crippen LogP contribution in [-0.4, -0.2) is 11.2 Å². The monoisotopic (exact) mass is 317 g/mol. The van der Waals surface area contributed by atoms with Crippen molar-refractivity contribution in [2.24, 2.45) is 5.84 Å². The molecule has 7 heteroatoms. The van der Waals surface area contributed by atoms with Gasteiger partial charge in [0, 0.05) is 6.07 Å². The first-order chi connectivity index (χ1) is 9.60. The van der Waals surface area contributed by atoms with E-state index in [-0.39, 0.29) is 21.9 Å². The van der Waals surface area contributed by atoms with E-state index in [1.54, 1.807) is 0 Å². The van der Waals surface area contributed by atoms with E-state index in [0.29, 0.717) is 5.75 Å². The number of hydrazine groups is 1. The molecule has 0 saturated heterocycles. The minimum Gasteiger partial charge on any atom is -0.489 e. The number of hydrogen-bond donors (Lipinski definition) is 3. The molecule has 0 atom stereocenters. The number of rotatable bonds is 3. The summed E-state index contributed by atoms with van der Waals surface area (Å²) in [6.45, 7) is 0. The van der Waals surface area contributed by atoms with Gasteiger partial charge in [-0.1, -0.05) is 18.0 Å². The van der Waals surface area contributed by atoms with Crippen molar-refractivity contribution in [3.63, 3.8) is 0 Å². The SMILES string of the molecule is NNC(=S)Nc1cc(OC2CCCCC2)c(Cl)cc1F. The third-order valence-corrected chi connectivity index (χ3v) is 3.76. The van der Waals surface area contributed by atoms with Crippen LogP contribution in [-0.2, 0) is 0 Å². The molecule has 1 aromatic carbocycles. The van der Waals surface area contributed by atoms with Crippen molar-refractivity contribution in [3.05, 3.63) is 23.0 Å². The summed E-state index contributed by atoms with van der Waals surface area (Å²) >= 11 is 10.9. The van der Waals surface area contributed by atoms with Crippen molar-refractivity contribution in [3.8, 4) is 5.75 Å². The molecule has 0 amide bonds. The van der Waals surface area contributed by atoms with Crippen molar-refractivity contribution < 1.29 is 9.13 Å². The molecule has 4 N–H and O–H groups in total. The molecule has 1 aliphatic rings. The fourth-order valence-corrected chi connectivity index (χ4v) is 2.54. The second-order valence-corrected chi connectivity index (χ2v) is 5.55. The first-order valence-electron chi connectivity index (χ1n) is 6.53. The van der Waals surface area contributed by atoms with Gasteiger partial charge in [-0.25, -0.2) is 10.2 Å². The quantitative estimate of drug-likeness (QED) is 0.453. The zero-order chi connectivity index (χ0) is 14.5. The van der Waals surface area contributed by atoms with Gasteiger partial charge in [-0.2, -0.15) is 0 Å². The summed E-state index contributed by atoms with van der Waals surface area (Å²) in [7, 11) is 0. The predicted molar refractivity (Wildman–Crippen MR) is 82.5 cm³/mol. The summed E-state index contributed by atoms with van der Waals surface area (Å²) in [5, 5.41) is 3.02. The zero-order valence-corrected chi connectivity index (χ0v) is 12.5. The van der Waals surface area contributed by atoms with Crippen LogP contribution in [0.15, 0.2) is 12.1 Å². The second kappa shape index (κ2) is 7.06. The maximum atomic E-state index is 13.8. The first-order valence-corrected chi connectivity index (χ1v) is 7.32. The van der Waals surface area contributed by atoms with Crippen LogP contribution in [0.4, 0.5) is 10.1 Å². The number of anilines is 1. The first kappa shape index (κ1) is 15.3. The molecule has 0 radical (unpaired) electrons. The molecule has 2 rings (SSSR count). The van der Waals surface area contributed by atoms with Crippen LogP contribution in [0.1, 0.15) is 32.1 Å². The van der Waals surface area contributed by atoms with E-state index in [1.165, 1.54) is 18.6 Å². The number of benzene rings is 1. The molecular formula is C13H17ClFN3OS. The molecule has 4 nitrogen and oxygen atoms in total. The molecule has 0 spiro atoms. The van der Waals surface area contributed by atoms with Gasteiger partial charge in [-0.05, 0) is 44.0 Å². The van der Waals surface area contributed by atoms with Gasteiger partial charge in [-0.3, -0.25) is 0 Å². The third kappa shape index (κ3) is 3.94. The van der Waals surface area contributed by atoms with Crippen LogP contribution in [0.5, 0.6) is 5.75 Å². The lowest BCUT2D eigenvalue weighted by Crippen LogP contribution is -2.34. The Morgan fingerprint density at radius 2 is 2.05 bits per heavy atom. The maximum absolute atomic E-state index is 13.8. The number of ether oxygens (including phenoxy) is 1. The van der Waals surface area contributed by atoms with E-state index in [1.807, 2.05) is 0 Å². The third-order valence-electron chi connectivity index (χ3n) is 3.25. The van der Waals surface area contributed by atoms with Crippen molar-refractivity contribution in [2.75, 3.05) is 5.32 Å². The smallest absolute Gasteiger partial charge is 0.185 e. The molecule has 0 heterocycles. The van der Waals surface area contributed by atoms with Crippen molar-refractivity contribution >= 4 is 34.6 Å². The van der Waals surface area contributed by atoms with Gasteiger partial charge in [0.2, 0.25) is 0 Å². The van der Waals surface area contributed by atoms with Gasteiger partial charge in [0.25, 0.3) is 0 Å². The van der Waals surface area contributed by atoms with Crippen LogP contribution in [0.25, 0.3) is 0 Å². The molecule has 0 unspecified atom stereocenters. The Bertz CT molecular complexity index is 495. The van der Waals surface area contributed by atoms with E-state index >= 15 is 0 Å². The lowest BCUT2D eigenvalue weighted by molar-refractivity contribution is 0.155. The minimum atomic E-state index is -0.511. The summed E-state index contributed by atoms with van der Waals surface area (Å²) in [6.07, 6.45) is 5.67. The van der Waals surface area contributed by atoms with Gasteiger partial charge in [0.15, 0.2) is 5.11 Å². The van der Waals surface area contributed by atoms with E-state index in [0.717, 1.165) is 25.7 Å². The fourth-order valence-electron chi connectivity index (χ4n) is 2.24. The number of nitrogens with two attached hydrogens (primary N) is 1. The van der Waals surface area contributed by atoms with Crippen molar-refractivity contribution in [1.29, 1.82) is 0 Å². The topological polar surface area (TPSA) is 59.3 Å². The highest BCUT2D eigenvalue weighted by atomic mass is 35.5. The highest BCUT2D eigenvalue weighted by Crippen LogP contribution is 2.33. The second-order valence-electron chi connectivity index (χ2n) is 4.74. The number of halogens is 2. The lowest BCUT2D eigenvalue weighted by Gasteiger charge is -2.24. The molecule has 1 aliphatic carbocycles. The average Bonchev–Trinajstić information content (AvgIpc) is 2.45. The molecule has 20 heavy (non-hydrogen) atoms. The van der Waals surface area contributed by atoms with E-state index in [4.69, 9.17) is 34.4 Å². The molecule has 110 valence electrons. The number of hydrogen-bond acceptors (Lipinski definition) is 3. The van der Waals surface area contributed by atoms with Crippen LogP contribution < -0.4 is 21.3 Å². The molecule has 0 bridgehead atoms. The molecule has 1 saturated carbocycles. The van der Waals surface area contributed by atoms with Crippen LogP contribution in [0, 0.1) is 5.82 Å². The van der Waals surface area contributed by atoms with Crippen LogP contribution >= 0.6 is 23.8 Å². The van der Waals surface area contributed by atoms with E-state index < -0.39 is 5.82 Å². The minimum absolute atomic E-state index is 0.120. The Labute approximate surface area is 127 Å². The highest BCUT2D eigenvalue weighted by Gasteiger charge is 2.18. The Morgan fingerprint density at radius 3 is 2.70 bits per heavy atom. The van der Waals surface area contributed by atoms with Gasteiger partial charge in [-0.15, -0.1) is 0 Å². The normalized spacial score (nSPS) is 15.8. The summed E-state index contributed by atoms with van der Waals surface area (Å²) in [5.74, 6) is 5.10. The fraction of sp³-hybridized carbons (Fsp3) is 0.462. The summed E-state index contributed by atoms with van der Waals surface area (Å²) in [5.41, 5.74) is 2.42. The Balaban J connectivity index is 2.14.